The van der Waals surface area contributed by atoms with Crippen molar-refractivity contribution in [3.8, 4) is 5.75 Å². The molecule has 0 amide bonds. The van der Waals surface area contributed by atoms with E-state index in [-0.39, 0.29) is 28.2 Å². The van der Waals surface area contributed by atoms with Crippen LogP contribution in [0.4, 0.5) is 0 Å². The molecule has 0 saturated carbocycles. The number of carboxylic acid groups (broad SMARTS) is 1. The lowest BCUT2D eigenvalue weighted by Gasteiger charge is -2.06. The largest absolute Gasteiger partial charge is 0.507 e. The number of carbonyl (C=O) groups is 3. The monoisotopic (exact) mass is 284 g/mol. The van der Waals surface area contributed by atoms with Crippen molar-refractivity contribution >= 4 is 17.5 Å². The molecule has 0 aliphatic carbocycles. The van der Waals surface area contributed by atoms with Crippen LogP contribution in [0, 0.1) is 0 Å². The highest BCUT2D eigenvalue weighted by molar-refractivity contribution is 6.12. The van der Waals surface area contributed by atoms with Gasteiger partial charge >= 0.3 is 5.97 Å². The van der Waals surface area contributed by atoms with E-state index in [2.05, 4.69) is 0 Å². The van der Waals surface area contributed by atoms with Crippen LogP contribution < -0.4 is 0 Å². The molecule has 0 spiro atoms. The number of rotatable bonds is 4. The molecule has 5 heteroatoms. The summed E-state index contributed by atoms with van der Waals surface area (Å²) in [6.45, 7) is 1.36. The molecular formula is C16H12O5. The Balaban J connectivity index is 2.41. The van der Waals surface area contributed by atoms with Crippen LogP contribution in [0.15, 0.2) is 42.5 Å². The average Bonchev–Trinajstić information content (AvgIpc) is 2.47. The minimum atomic E-state index is -1.09. The van der Waals surface area contributed by atoms with Crippen molar-refractivity contribution < 1.29 is 24.6 Å². The number of benzene rings is 2. The summed E-state index contributed by atoms with van der Waals surface area (Å²) in [6.07, 6.45) is 0. The first-order valence-electron chi connectivity index (χ1n) is 6.12. The third-order valence-corrected chi connectivity index (χ3v) is 3.04. The molecule has 0 heterocycles. The maximum absolute atomic E-state index is 12.3. The summed E-state index contributed by atoms with van der Waals surface area (Å²) in [5, 5.41) is 18.6. The van der Waals surface area contributed by atoms with E-state index < -0.39 is 11.8 Å². The van der Waals surface area contributed by atoms with E-state index in [4.69, 9.17) is 5.11 Å². The maximum atomic E-state index is 12.3. The minimum Gasteiger partial charge on any atom is -0.507 e. The summed E-state index contributed by atoms with van der Waals surface area (Å²) in [4.78, 5) is 34.4. The van der Waals surface area contributed by atoms with Crippen LogP contribution in [-0.4, -0.2) is 27.7 Å². The van der Waals surface area contributed by atoms with E-state index in [1.54, 1.807) is 0 Å². The quantitative estimate of drug-likeness (QED) is 0.842. The standard InChI is InChI=1S/C16H12O5/c1-9(17)12-6-7-14(18)13(8-12)15(19)10-2-4-11(5-3-10)16(20)21/h2-8,18H,1H3,(H,20,21). The predicted octanol–water partition coefficient (Wildman–Crippen LogP) is 2.52. The second kappa shape index (κ2) is 5.58. The smallest absolute Gasteiger partial charge is 0.335 e. The predicted molar refractivity (Wildman–Crippen MR) is 74.9 cm³/mol. The van der Waals surface area contributed by atoms with Crippen molar-refractivity contribution in [1.82, 2.24) is 0 Å². The van der Waals surface area contributed by atoms with Gasteiger partial charge in [-0.1, -0.05) is 12.1 Å². The van der Waals surface area contributed by atoms with Gasteiger partial charge in [0.15, 0.2) is 11.6 Å². The number of hydrogen-bond donors (Lipinski definition) is 2. The van der Waals surface area contributed by atoms with Crippen molar-refractivity contribution in [2.24, 2.45) is 0 Å². The molecular weight excluding hydrogens is 272 g/mol. The summed E-state index contributed by atoms with van der Waals surface area (Å²) in [5.41, 5.74) is 0.619. The summed E-state index contributed by atoms with van der Waals surface area (Å²) >= 11 is 0. The Morgan fingerprint density at radius 3 is 1.90 bits per heavy atom. The molecule has 5 nitrogen and oxygen atoms in total. The fourth-order valence-corrected chi connectivity index (χ4v) is 1.86. The molecule has 2 aromatic rings. The van der Waals surface area contributed by atoms with Gasteiger partial charge in [0.2, 0.25) is 0 Å². The Kier molecular flexibility index (Phi) is 3.84. The van der Waals surface area contributed by atoms with Crippen LogP contribution in [0.3, 0.4) is 0 Å². The lowest BCUT2D eigenvalue weighted by atomic mass is 9.98. The second-order valence-corrected chi connectivity index (χ2v) is 4.50. The van der Waals surface area contributed by atoms with Gasteiger partial charge in [-0.15, -0.1) is 0 Å². The van der Waals surface area contributed by atoms with Gasteiger partial charge < -0.3 is 10.2 Å². The molecule has 2 aromatic carbocycles. The van der Waals surface area contributed by atoms with Crippen molar-refractivity contribution in [1.29, 1.82) is 0 Å². The third kappa shape index (κ3) is 2.97. The third-order valence-electron chi connectivity index (χ3n) is 3.04. The van der Waals surface area contributed by atoms with Crippen LogP contribution in [0.5, 0.6) is 5.75 Å². The number of carboxylic acids is 1. The van der Waals surface area contributed by atoms with Crippen LogP contribution >= 0.6 is 0 Å². The van der Waals surface area contributed by atoms with Gasteiger partial charge in [0.1, 0.15) is 5.75 Å². The van der Waals surface area contributed by atoms with Crippen LogP contribution in [-0.2, 0) is 0 Å². The van der Waals surface area contributed by atoms with E-state index in [9.17, 15) is 19.5 Å². The van der Waals surface area contributed by atoms with Gasteiger partial charge in [-0.05, 0) is 37.3 Å². The average molecular weight is 284 g/mol. The normalized spacial score (nSPS) is 10.1. The van der Waals surface area contributed by atoms with E-state index in [0.717, 1.165) is 0 Å². The maximum Gasteiger partial charge on any atom is 0.335 e. The zero-order chi connectivity index (χ0) is 15.6. The van der Waals surface area contributed by atoms with Gasteiger partial charge in [0, 0.05) is 11.1 Å². The van der Waals surface area contributed by atoms with Crippen molar-refractivity contribution in [3.63, 3.8) is 0 Å². The SMILES string of the molecule is CC(=O)c1ccc(O)c(C(=O)c2ccc(C(=O)O)cc2)c1. The molecule has 0 aliphatic rings. The van der Waals surface area contributed by atoms with Crippen LogP contribution in [0.2, 0.25) is 0 Å². The van der Waals surface area contributed by atoms with Crippen molar-refractivity contribution in [3.05, 3.63) is 64.7 Å². The Labute approximate surface area is 120 Å². The first kappa shape index (κ1) is 14.5. The molecule has 0 bridgehead atoms. The number of ketones is 2. The van der Waals surface area contributed by atoms with Gasteiger partial charge in [-0.3, -0.25) is 9.59 Å². The van der Waals surface area contributed by atoms with Gasteiger partial charge in [-0.25, -0.2) is 4.79 Å². The Morgan fingerprint density at radius 2 is 1.38 bits per heavy atom. The van der Waals surface area contributed by atoms with Gasteiger partial charge in [-0.2, -0.15) is 0 Å². The summed E-state index contributed by atoms with van der Waals surface area (Å²) in [5.74, 6) is -2.01. The second-order valence-electron chi connectivity index (χ2n) is 4.50. The van der Waals surface area contributed by atoms with E-state index in [0.29, 0.717) is 5.56 Å². The van der Waals surface area contributed by atoms with Crippen molar-refractivity contribution in [2.75, 3.05) is 0 Å². The highest BCUT2D eigenvalue weighted by Gasteiger charge is 2.16. The van der Waals surface area contributed by atoms with E-state index >= 15 is 0 Å². The number of Topliss-reactive ketones (excluding diaryl/α,β-unsaturated/α-hetero) is 1. The molecule has 0 radical (unpaired) electrons. The van der Waals surface area contributed by atoms with Crippen LogP contribution in [0.25, 0.3) is 0 Å². The highest BCUT2D eigenvalue weighted by Crippen LogP contribution is 2.22. The Bertz CT molecular complexity index is 729. The first-order valence-corrected chi connectivity index (χ1v) is 6.12. The molecule has 0 fully saturated rings. The molecule has 0 aromatic heterocycles. The summed E-state index contributed by atoms with van der Waals surface area (Å²) < 4.78 is 0. The number of phenols is 1. The first-order chi connectivity index (χ1) is 9.90. The molecule has 0 atom stereocenters. The number of carbonyl (C=O) groups excluding carboxylic acids is 2. The minimum absolute atomic E-state index is 0.00535. The molecule has 0 unspecified atom stereocenters. The number of hydrogen-bond acceptors (Lipinski definition) is 4. The molecule has 106 valence electrons. The fraction of sp³-hybridized carbons (Fsp3) is 0.0625. The van der Waals surface area contributed by atoms with Gasteiger partial charge in [0.05, 0.1) is 11.1 Å². The number of aromatic carboxylic acids is 1. The molecule has 21 heavy (non-hydrogen) atoms. The van der Waals surface area contributed by atoms with Crippen molar-refractivity contribution in [2.45, 2.75) is 6.92 Å². The Morgan fingerprint density at radius 1 is 0.857 bits per heavy atom. The summed E-state index contributed by atoms with van der Waals surface area (Å²) in [6, 6.07) is 9.39. The fourth-order valence-electron chi connectivity index (χ4n) is 1.86. The van der Waals surface area contributed by atoms with Crippen LogP contribution in [0.1, 0.15) is 43.6 Å². The topological polar surface area (TPSA) is 91.7 Å². The van der Waals surface area contributed by atoms with E-state index in [1.807, 2.05) is 0 Å². The van der Waals surface area contributed by atoms with E-state index in [1.165, 1.54) is 49.4 Å². The molecule has 2 rings (SSSR count). The molecule has 0 aliphatic heterocycles. The number of phenolic OH excluding ortho intramolecular Hbond substituents is 1. The zero-order valence-corrected chi connectivity index (χ0v) is 11.2. The number of aromatic hydroxyl groups is 1. The molecule has 0 saturated heterocycles. The zero-order valence-electron chi connectivity index (χ0n) is 11.2. The lowest BCUT2D eigenvalue weighted by molar-refractivity contribution is 0.0696. The highest BCUT2D eigenvalue weighted by atomic mass is 16.4. The Hall–Kier alpha value is -2.95. The molecule has 2 N–H and O–H groups in total. The lowest BCUT2D eigenvalue weighted by Crippen LogP contribution is -2.05. The van der Waals surface area contributed by atoms with Gasteiger partial charge in [0.25, 0.3) is 0 Å². The summed E-state index contributed by atoms with van der Waals surface area (Å²) in [7, 11) is 0.